The summed E-state index contributed by atoms with van der Waals surface area (Å²) in [5.74, 6) is 0. The van der Waals surface area contributed by atoms with Crippen molar-refractivity contribution in [3.8, 4) is 0 Å². The third-order valence-corrected chi connectivity index (χ3v) is 9.53. The molecule has 4 nitrogen and oxygen atoms in total. The van der Waals surface area contributed by atoms with Crippen molar-refractivity contribution in [3.63, 3.8) is 0 Å². The summed E-state index contributed by atoms with van der Waals surface area (Å²) in [5.41, 5.74) is 0. The van der Waals surface area contributed by atoms with Crippen LogP contribution in [0.5, 0.6) is 0 Å². The average Bonchev–Trinajstić information content (AvgIpc) is 2.44. The second kappa shape index (κ2) is 15.4. The second-order valence-corrected chi connectivity index (χ2v) is 11.4. The molecule has 0 aromatic heterocycles. The summed E-state index contributed by atoms with van der Waals surface area (Å²) in [6.45, 7) is 4.41. The van der Waals surface area contributed by atoms with E-state index in [9.17, 15) is 4.57 Å². The molecule has 0 saturated carbocycles. The van der Waals surface area contributed by atoms with Crippen molar-refractivity contribution in [3.05, 3.63) is 0 Å². The van der Waals surface area contributed by atoms with Crippen molar-refractivity contribution >= 4 is 7.82 Å². The van der Waals surface area contributed by atoms with Crippen LogP contribution in [0.3, 0.4) is 0 Å². The van der Waals surface area contributed by atoms with Gasteiger partial charge in [0, 0.05) is 0 Å². The van der Waals surface area contributed by atoms with Crippen molar-refractivity contribution in [1.29, 1.82) is 0 Å². The number of hydrogen-bond donors (Lipinski definition) is 2. The molecule has 0 rings (SSSR count). The number of rotatable bonds is 16. The van der Waals surface area contributed by atoms with Gasteiger partial charge in [0.1, 0.15) is 0 Å². The summed E-state index contributed by atoms with van der Waals surface area (Å²) in [5, 5.41) is 0. The first-order valence-corrected chi connectivity index (χ1v) is 13.5. The van der Waals surface area contributed by atoms with Gasteiger partial charge < -0.3 is 0 Å². The van der Waals surface area contributed by atoms with Gasteiger partial charge in [-0.25, -0.2) is 0 Å². The summed E-state index contributed by atoms with van der Waals surface area (Å²) >= 11 is -2.03. The molecule has 0 radical (unpaired) electrons. The van der Waals surface area contributed by atoms with Crippen molar-refractivity contribution in [2.75, 3.05) is 0 Å². The second-order valence-electron chi connectivity index (χ2n) is 6.16. The van der Waals surface area contributed by atoms with Crippen LogP contribution in [0, 0.1) is 0 Å². The SMILES string of the molecule is CCCCCCC[CH2][Ti]([CH2]CCCCCCC)[O]P(=O)(O)O. The monoisotopic (exact) mass is 371 g/mol. The van der Waals surface area contributed by atoms with Crippen LogP contribution >= 0.6 is 7.82 Å². The van der Waals surface area contributed by atoms with Crippen LogP contribution in [-0.2, 0) is 25.9 Å². The molecule has 0 fully saturated rings. The van der Waals surface area contributed by atoms with Crippen LogP contribution in [0.25, 0.3) is 0 Å². The van der Waals surface area contributed by atoms with E-state index >= 15 is 0 Å². The van der Waals surface area contributed by atoms with E-state index in [2.05, 4.69) is 13.8 Å². The van der Waals surface area contributed by atoms with Gasteiger partial charge in [-0.05, 0) is 0 Å². The van der Waals surface area contributed by atoms with Crippen molar-refractivity contribution in [1.82, 2.24) is 0 Å². The fourth-order valence-electron chi connectivity index (χ4n) is 2.59. The third-order valence-electron chi connectivity index (χ3n) is 3.87. The zero-order chi connectivity index (χ0) is 16.7. The predicted molar refractivity (Wildman–Crippen MR) is 89.5 cm³/mol. The van der Waals surface area contributed by atoms with E-state index in [1.165, 1.54) is 64.2 Å². The van der Waals surface area contributed by atoms with Gasteiger partial charge in [0.05, 0.1) is 0 Å². The fourth-order valence-corrected chi connectivity index (χ4v) is 7.94. The van der Waals surface area contributed by atoms with E-state index in [1.54, 1.807) is 0 Å². The van der Waals surface area contributed by atoms with Crippen LogP contribution < -0.4 is 0 Å². The van der Waals surface area contributed by atoms with Gasteiger partial charge >= 0.3 is 144 Å². The zero-order valence-electron chi connectivity index (χ0n) is 14.6. The summed E-state index contributed by atoms with van der Waals surface area (Å²) in [4.78, 5) is 18.1. The molecular weight excluding hydrogens is 335 g/mol. The Morgan fingerprint density at radius 2 is 1.09 bits per heavy atom. The maximum atomic E-state index is 11.1. The molecule has 22 heavy (non-hydrogen) atoms. The Morgan fingerprint density at radius 1 is 0.727 bits per heavy atom. The fraction of sp³-hybridized carbons (Fsp3) is 1.00. The van der Waals surface area contributed by atoms with E-state index in [1.807, 2.05) is 0 Å². The molecule has 2 N–H and O–H groups in total. The molecule has 0 aromatic rings. The molecule has 0 aliphatic heterocycles. The predicted octanol–water partition coefficient (Wildman–Crippen LogP) is 6.19. The molecule has 0 bridgehead atoms. The molecule has 0 aliphatic rings. The van der Waals surface area contributed by atoms with Crippen molar-refractivity contribution < 1.29 is 35.7 Å². The van der Waals surface area contributed by atoms with Gasteiger partial charge in [-0.2, -0.15) is 0 Å². The van der Waals surface area contributed by atoms with Crippen molar-refractivity contribution in [2.45, 2.75) is 100 Å². The minimum atomic E-state index is -4.28. The number of phosphoric acid groups is 1. The Labute approximate surface area is 144 Å². The van der Waals surface area contributed by atoms with Crippen LogP contribution in [-0.4, -0.2) is 9.79 Å². The van der Waals surface area contributed by atoms with E-state index in [-0.39, 0.29) is 0 Å². The quantitative estimate of drug-likeness (QED) is 0.193. The van der Waals surface area contributed by atoms with Crippen molar-refractivity contribution in [2.24, 2.45) is 0 Å². The Kier molecular flexibility index (Phi) is 15.9. The van der Waals surface area contributed by atoms with E-state index in [4.69, 9.17) is 12.9 Å². The topological polar surface area (TPSA) is 66.8 Å². The molecule has 0 atom stereocenters. The molecule has 0 spiro atoms. The third kappa shape index (κ3) is 17.2. The minimum absolute atomic E-state index is 0.937. The van der Waals surface area contributed by atoms with Gasteiger partial charge in [0.15, 0.2) is 0 Å². The Bertz CT molecular complexity index is 267. The molecule has 0 saturated heterocycles. The summed E-state index contributed by atoms with van der Waals surface area (Å²) in [6.07, 6.45) is 14.6. The van der Waals surface area contributed by atoms with Gasteiger partial charge in [0.2, 0.25) is 0 Å². The molecule has 0 aromatic carbocycles. The normalized spacial score (nSPS) is 11.8. The Hall–Kier alpha value is 0.824. The summed E-state index contributed by atoms with van der Waals surface area (Å²) in [7, 11) is -4.28. The van der Waals surface area contributed by atoms with Crippen LogP contribution in [0.2, 0.25) is 9.45 Å². The average molecular weight is 371 g/mol. The first-order valence-electron chi connectivity index (χ1n) is 9.09. The molecule has 133 valence electrons. The molecule has 0 heterocycles. The Morgan fingerprint density at radius 3 is 1.45 bits per heavy atom. The van der Waals surface area contributed by atoms with Crippen LogP contribution in [0.1, 0.15) is 90.9 Å². The maximum absolute atomic E-state index is 11.1. The Balaban J connectivity index is 3.83. The van der Waals surface area contributed by atoms with Gasteiger partial charge in [-0.15, -0.1) is 0 Å². The molecular formula is C16H36O4PTi. The molecule has 0 amide bonds. The summed E-state index contributed by atoms with van der Waals surface area (Å²) < 4.78 is 18.1. The van der Waals surface area contributed by atoms with Gasteiger partial charge in [-0.3, -0.25) is 0 Å². The first kappa shape index (κ1) is 22.8. The van der Waals surface area contributed by atoms with Crippen LogP contribution in [0.15, 0.2) is 0 Å². The molecule has 6 heteroatoms. The van der Waals surface area contributed by atoms with E-state index in [0.717, 1.165) is 22.3 Å². The molecule has 0 aliphatic carbocycles. The van der Waals surface area contributed by atoms with Gasteiger partial charge in [-0.1, -0.05) is 0 Å². The standard InChI is InChI=1S/2C8H17.H3O4P.Ti/c2*1-3-5-7-8-6-4-2;1-5(2,3)4;/h2*1,3-8H2,2H3;(H3,1,2,3,4);/q;;;+1/p-1. The zero-order valence-corrected chi connectivity index (χ0v) is 17.0. The summed E-state index contributed by atoms with van der Waals surface area (Å²) in [6, 6.07) is 0. The molecule has 0 unspecified atom stereocenters. The van der Waals surface area contributed by atoms with E-state index < -0.39 is 26.1 Å². The number of hydrogen-bond acceptors (Lipinski definition) is 2. The number of unbranched alkanes of at least 4 members (excludes halogenated alkanes) is 10. The first-order chi connectivity index (χ1) is 10.5. The van der Waals surface area contributed by atoms with E-state index in [0.29, 0.717) is 0 Å². The van der Waals surface area contributed by atoms with Gasteiger partial charge in [0.25, 0.3) is 0 Å². The van der Waals surface area contributed by atoms with Crippen LogP contribution in [0.4, 0.5) is 0 Å².